The molecule has 3 aromatic carbocycles. The van der Waals surface area contributed by atoms with E-state index < -0.39 is 0 Å². The zero-order chi connectivity index (χ0) is 20.2. The van der Waals surface area contributed by atoms with Gasteiger partial charge in [0.15, 0.2) is 5.76 Å². The molecule has 0 saturated heterocycles. The summed E-state index contributed by atoms with van der Waals surface area (Å²) in [5, 5.41) is 7.73. The van der Waals surface area contributed by atoms with Crippen LogP contribution in [0.3, 0.4) is 0 Å². The van der Waals surface area contributed by atoms with Crippen LogP contribution in [-0.2, 0) is 0 Å². The van der Waals surface area contributed by atoms with E-state index >= 15 is 0 Å². The lowest BCUT2D eigenvalue weighted by Gasteiger charge is -2.00. The maximum atomic E-state index is 13.0. The predicted octanol–water partition coefficient (Wildman–Crippen LogP) is 4.57. The molecule has 0 aliphatic carbocycles. The van der Waals surface area contributed by atoms with Gasteiger partial charge in [-0.05, 0) is 35.4 Å². The monoisotopic (exact) mass is 409 g/mol. The third-order valence-electron chi connectivity index (χ3n) is 5.34. The summed E-state index contributed by atoms with van der Waals surface area (Å²) in [4.78, 5) is 18.1. The second kappa shape index (κ2) is 6.37. The highest BCUT2D eigenvalue weighted by Crippen LogP contribution is 2.31. The van der Waals surface area contributed by atoms with Crippen LogP contribution < -0.4 is 10.1 Å². The topological polar surface area (TPSA) is 60.4 Å². The molecular formula is C24H15N3O2S. The van der Waals surface area contributed by atoms with Gasteiger partial charge >= 0.3 is 0 Å². The second-order valence-electron chi connectivity index (χ2n) is 7.17. The fraction of sp³-hybridized carbons (Fsp3) is 0.0417. The molecule has 3 heterocycles. The van der Waals surface area contributed by atoms with Crippen LogP contribution >= 0.6 is 11.3 Å². The fourth-order valence-corrected chi connectivity index (χ4v) is 4.73. The Morgan fingerprint density at radius 3 is 2.57 bits per heavy atom. The zero-order valence-electron chi connectivity index (χ0n) is 16.0. The van der Waals surface area contributed by atoms with Gasteiger partial charge in [0, 0.05) is 10.9 Å². The van der Waals surface area contributed by atoms with Gasteiger partial charge < -0.3 is 4.42 Å². The van der Waals surface area contributed by atoms with Gasteiger partial charge in [0.2, 0.25) is 10.8 Å². The molecule has 0 aliphatic rings. The molecule has 144 valence electrons. The van der Waals surface area contributed by atoms with Crippen LogP contribution in [0.4, 0.5) is 0 Å². The van der Waals surface area contributed by atoms with E-state index in [2.05, 4.69) is 28.3 Å². The standard InChI is InChI=1S/C24H15N3O2S/c1-14-17-10-4-5-12-19(17)29-21(14)22-25-24-27(26-22)23(28)20(30-24)13-16-9-6-8-15-7-2-3-11-18(15)16/h2-13H,1H3. The molecule has 0 radical (unpaired) electrons. The van der Waals surface area contributed by atoms with E-state index in [1.165, 1.54) is 15.9 Å². The molecule has 0 atom stereocenters. The molecule has 0 unspecified atom stereocenters. The van der Waals surface area contributed by atoms with E-state index in [1.807, 2.05) is 61.5 Å². The summed E-state index contributed by atoms with van der Waals surface area (Å²) in [6.45, 7) is 1.98. The lowest BCUT2D eigenvalue weighted by Crippen LogP contribution is -2.23. The molecule has 6 heteroatoms. The first kappa shape index (κ1) is 17.1. The van der Waals surface area contributed by atoms with Gasteiger partial charge in [0.1, 0.15) is 5.58 Å². The molecule has 0 fully saturated rings. The Morgan fingerprint density at radius 2 is 1.73 bits per heavy atom. The number of aromatic nitrogens is 3. The average Bonchev–Trinajstić information content (AvgIpc) is 3.42. The van der Waals surface area contributed by atoms with Crippen molar-refractivity contribution < 1.29 is 4.42 Å². The largest absolute Gasteiger partial charge is 0.452 e. The average molecular weight is 409 g/mol. The van der Waals surface area contributed by atoms with Crippen molar-refractivity contribution in [2.24, 2.45) is 0 Å². The van der Waals surface area contributed by atoms with E-state index in [1.54, 1.807) is 0 Å². The quantitative estimate of drug-likeness (QED) is 0.420. The Balaban J connectivity index is 1.51. The highest BCUT2D eigenvalue weighted by atomic mass is 32.1. The number of fused-ring (bicyclic) bond motifs is 3. The number of hydrogen-bond donors (Lipinski definition) is 0. The molecule has 0 aliphatic heterocycles. The summed E-state index contributed by atoms with van der Waals surface area (Å²) in [6, 6.07) is 22.0. The normalized spacial score (nSPS) is 12.5. The Bertz CT molecular complexity index is 1690. The van der Waals surface area contributed by atoms with Gasteiger partial charge in [-0.2, -0.15) is 9.50 Å². The molecule has 5 nitrogen and oxygen atoms in total. The van der Waals surface area contributed by atoms with Crippen molar-refractivity contribution in [1.29, 1.82) is 0 Å². The van der Waals surface area contributed by atoms with Gasteiger partial charge in [-0.3, -0.25) is 4.79 Å². The minimum atomic E-state index is -0.171. The lowest BCUT2D eigenvalue weighted by molar-refractivity contribution is 0.622. The van der Waals surface area contributed by atoms with Crippen molar-refractivity contribution in [3.05, 3.63) is 92.7 Å². The lowest BCUT2D eigenvalue weighted by atomic mass is 10.0. The molecule has 6 rings (SSSR count). The second-order valence-corrected chi connectivity index (χ2v) is 8.18. The first-order valence-corrected chi connectivity index (χ1v) is 10.4. The summed E-state index contributed by atoms with van der Waals surface area (Å²) in [7, 11) is 0. The maximum absolute atomic E-state index is 13.0. The van der Waals surface area contributed by atoms with Gasteiger partial charge in [0.25, 0.3) is 5.56 Å². The Kier molecular flexibility index (Phi) is 3.63. The molecule has 3 aromatic heterocycles. The van der Waals surface area contributed by atoms with Crippen LogP contribution in [0.5, 0.6) is 0 Å². The van der Waals surface area contributed by atoms with E-state index in [9.17, 15) is 4.79 Å². The summed E-state index contributed by atoms with van der Waals surface area (Å²) in [5.41, 5.74) is 2.59. The zero-order valence-corrected chi connectivity index (χ0v) is 16.8. The highest BCUT2D eigenvalue weighted by molar-refractivity contribution is 7.15. The molecular weight excluding hydrogens is 394 g/mol. The van der Waals surface area contributed by atoms with Crippen molar-refractivity contribution in [3.63, 3.8) is 0 Å². The Hall–Kier alpha value is -3.77. The smallest absolute Gasteiger partial charge is 0.291 e. The number of hydrogen-bond acceptors (Lipinski definition) is 5. The van der Waals surface area contributed by atoms with Crippen molar-refractivity contribution in [2.75, 3.05) is 0 Å². The number of benzene rings is 3. The van der Waals surface area contributed by atoms with E-state index in [-0.39, 0.29) is 5.56 Å². The minimum Gasteiger partial charge on any atom is -0.452 e. The number of furan rings is 1. The van der Waals surface area contributed by atoms with Gasteiger partial charge in [-0.25, -0.2) is 0 Å². The first-order valence-electron chi connectivity index (χ1n) is 9.56. The van der Waals surface area contributed by atoms with Crippen molar-refractivity contribution in [3.8, 4) is 11.6 Å². The van der Waals surface area contributed by atoms with Crippen LogP contribution in [0.25, 0.3) is 44.4 Å². The molecule has 0 saturated carbocycles. The van der Waals surface area contributed by atoms with Crippen LogP contribution in [-0.4, -0.2) is 14.6 Å². The van der Waals surface area contributed by atoms with Crippen LogP contribution in [0.2, 0.25) is 0 Å². The SMILES string of the molecule is Cc1c(-c2nc3sc(=Cc4cccc5ccccc45)c(=O)n3n2)oc2ccccc12. The highest BCUT2D eigenvalue weighted by Gasteiger charge is 2.18. The van der Waals surface area contributed by atoms with Crippen molar-refractivity contribution >= 4 is 44.1 Å². The molecule has 0 N–H and O–H groups in total. The summed E-state index contributed by atoms with van der Waals surface area (Å²) >= 11 is 1.34. The maximum Gasteiger partial charge on any atom is 0.291 e. The Morgan fingerprint density at radius 1 is 0.967 bits per heavy atom. The van der Waals surface area contributed by atoms with Gasteiger partial charge in [-0.1, -0.05) is 72.0 Å². The molecule has 6 aromatic rings. The fourth-order valence-electron chi connectivity index (χ4n) is 3.84. The van der Waals surface area contributed by atoms with Crippen molar-refractivity contribution in [1.82, 2.24) is 14.6 Å². The summed E-state index contributed by atoms with van der Waals surface area (Å²) < 4.78 is 7.92. The van der Waals surface area contributed by atoms with Crippen LogP contribution in [0, 0.1) is 6.92 Å². The Labute approximate surface area is 174 Å². The number of thiazole rings is 1. The van der Waals surface area contributed by atoms with Crippen LogP contribution in [0.1, 0.15) is 11.1 Å². The van der Waals surface area contributed by atoms with E-state index in [0.29, 0.717) is 21.1 Å². The summed E-state index contributed by atoms with van der Waals surface area (Å²) in [5.74, 6) is 1.04. The first-order chi connectivity index (χ1) is 14.7. The minimum absolute atomic E-state index is 0.171. The van der Waals surface area contributed by atoms with E-state index in [0.717, 1.165) is 32.9 Å². The van der Waals surface area contributed by atoms with Crippen LogP contribution in [0.15, 0.2) is 75.9 Å². The predicted molar refractivity (Wildman–Crippen MR) is 120 cm³/mol. The van der Waals surface area contributed by atoms with Gasteiger partial charge in [-0.15, -0.1) is 5.10 Å². The number of para-hydroxylation sites is 1. The molecule has 0 bridgehead atoms. The number of aryl methyl sites for hydroxylation is 1. The molecule has 30 heavy (non-hydrogen) atoms. The molecule has 0 spiro atoms. The third kappa shape index (κ3) is 2.51. The number of rotatable bonds is 2. The summed E-state index contributed by atoms with van der Waals surface area (Å²) in [6.07, 6.45) is 1.91. The van der Waals surface area contributed by atoms with Gasteiger partial charge in [0.05, 0.1) is 4.53 Å². The third-order valence-corrected chi connectivity index (χ3v) is 6.30. The molecule has 0 amide bonds. The van der Waals surface area contributed by atoms with Crippen molar-refractivity contribution in [2.45, 2.75) is 6.92 Å². The van der Waals surface area contributed by atoms with E-state index in [4.69, 9.17) is 4.42 Å². The number of nitrogens with zero attached hydrogens (tertiary/aromatic N) is 3.